The molecule has 0 saturated carbocycles. The van der Waals surface area contributed by atoms with Crippen molar-refractivity contribution in [1.29, 1.82) is 0 Å². The molecule has 0 fully saturated rings. The molecular formula is C9H7ClN6O2. The SMILES string of the molecule is NC(=O)C(=O)Nc1cc(Cl)ccc1-n1cnnn1. The molecule has 0 aliphatic heterocycles. The lowest BCUT2D eigenvalue weighted by Crippen LogP contribution is -2.30. The van der Waals surface area contributed by atoms with Crippen LogP contribution in [0.3, 0.4) is 0 Å². The molecule has 1 heterocycles. The van der Waals surface area contributed by atoms with Crippen LogP contribution < -0.4 is 11.1 Å². The first-order chi connectivity index (χ1) is 8.58. The third kappa shape index (κ3) is 2.43. The van der Waals surface area contributed by atoms with Gasteiger partial charge in [0.15, 0.2) is 0 Å². The van der Waals surface area contributed by atoms with Gasteiger partial charge in [0.05, 0.1) is 11.4 Å². The Bertz CT molecular complexity index is 597. The van der Waals surface area contributed by atoms with Gasteiger partial charge >= 0.3 is 11.8 Å². The molecule has 1 aromatic carbocycles. The van der Waals surface area contributed by atoms with Crippen molar-refractivity contribution < 1.29 is 9.59 Å². The van der Waals surface area contributed by atoms with E-state index in [-0.39, 0.29) is 5.69 Å². The van der Waals surface area contributed by atoms with E-state index in [9.17, 15) is 9.59 Å². The van der Waals surface area contributed by atoms with Crippen LogP contribution in [-0.2, 0) is 9.59 Å². The number of halogens is 1. The highest BCUT2D eigenvalue weighted by molar-refractivity contribution is 6.39. The molecule has 0 unspecified atom stereocenters. The molecule has 0 spiro atoms. The second-order valence-electron chi connectivity index (χ2n) is 3.23. The fourth-order valence-electron chi connectivity index (χ4n) is 1.26. The van der Waals surface area contributed by atoms with Crippen LogP contribution in [0.2, 0.25) is 5.02 Å². The van der Waals surface area contributed by atoms with Crippen molar-refractivity contribution in [2.45, 2.75) is 0 Å². The number of hydrogen-bond donors (Lipinski definition) is 2. The lowest BCUT2D eigenvalue weighted by molar-refractivity contribution is -0.134. The Kier molecular flexibility index (Phi) is 3.20. The minimum absolute atomic E-state index is 0.276. The maximum absolute atomic E-state index is 11.3. The van der Waals surface area contributed by atoms with Crippen LogP contribution >= 0.6 is 11.6 Å². The van der Waals surface area contributed by atoms with Crippen LogP contribution in [0, 0.1) is 0 Å². The highest BCUT2D eigenvalue weighted by Gasteiger charge is 2.13. The summed E-state index contributed by atoms with van der Waals surface area (Å²) >= 11 is 5.81. The van der Waals surface area contributed by atoms with E-state index in [0.717, 1.165) is 0 Å². The van der Waals surface area contributed by atoms with E-state index < -0.39 is 11.8 Å². The van der Waals surface area contributed by atoms with Crippen molar-refractivity contribution in [1.82, 2.24) is 20.2 Å². The van der Waals surface area contributed by atoms with Crippen LogP contribution in [0.4, 0.5) is 5.69 Å². The Morgan fingerprint density at radius 1 is 1.39 bits per heavy atom. The number of anilines is 1. The van der Waals surface area contributed by atoms with Gasteiger partial charge in [-0.05, 0) is 28.6 Å². The second-order valence-corrected chi connectivity index (χ2v) is 3.67. The smallest absolute Gasteiger partial charge is 0.313 e. The molecule has 8 nitrogen and oxygen atoms in total. The van der Waals surface area contributed by atoms with Gasteiger partial charge in [-0.2, -0.15) is 4.68 Å². The number of tetrazole rings is 1. The number of aromatic nitrogens is 4. The molecule has 0 atom stereocenters. The zero-order chi connectivity index (χ0) is 13.1. The zero-order valence-corrected chi connectivity index (χ0v) is 9.63. The van der Waals surface area contributed by atoms with Crippen LogP contribution in [0.5, 0.6) is 0 Å². The fourth-order valence-corrected chi connectivity index (χ4v) is 1.44. The number of rotatable bonds is 2. The summed E-state index contributed by atoms with van der Waals surface area (Å²) in [4.78, 5) is 22.0. The van der Waals surface area contributed by atoms with E-state index in [4.69, 9.17) is 17.3 Å². The van der Waals surface area contributed by atoms with Gasteiger partial charge in [0.1, 0.15) is 6.33 Å². The maximum Gasteiger partial charge on any atom is 0.313 e. The van der Waals surface area contributed by atoms with Gasteiger partial charge in [0.2, 0.25) is 0 Å². The summed E-state index contributed by atoms with van der Waals surface area (Å²) in [5, 5.41) is 13.3. The molecule has 9 heteroatoms. The third-order valence-corrected chi connectivity index (χ3v) is 2.26. The van der Waals surface area contributed by atoms with Gasteiger partial charge < -0.3 is 11.1 Å². The average molecular weight is 267 g/mol. The number of carbonyl (C=O) groups excluding carboxylic acids is 2. The lowest BCUT2D eigenvalue weighted by atomic mass is 10.2. The molecule has 92 valence electrons. The van der Waals surface area contributed by atoms with Crippen molar-refractivity contribution >= 4 is 29.1 Å². The van der Waals surface area contributed by atoms with Crippen molar-refractivity contribution in [3.8, 4) is 5.69 Å². The highest BCUT2D eigenvalue weighted by Crippen LogP contribution is 2.23. The Morgan fingerprint density at radius 3 is 2.78 bits per heavy atom. The predicted octanol–water partition coefficient (Wildman–Crippen LogP) is -0.261. The van der Waals surface area contributed by atoms with Gasteiger partial charge in [0, 0.05) is 5.02 Å². The molecule has 3 N–H and O–H groups in total. The normalized spacial score (nSPS) is 10.1. The van der Waals surface area contributed by atoms with Crippen LogP contribution in [0.15, 0.2) is 24.5 Å². The van der Waals surface area contributed by atoms with Gasteiger partial charge in [0.25, 0.3) is 0 Å². The summed E-state index contributed by atoms with van der Waals surface area (Å²) in [7, 11) is 0. The predicted molar refractivity (Wildman–Crippen MR) is 62.0 cm³/mol. The third-order valence-electron chi connectivity index (χ3n) is 2.03. The molecule has 2 rings (SSSR count). The monoisotopic (exact) mass is 266 g/mol. The van der Waals surface area contributed by atoms with Crippen molar-refractivity contribution in [3.63, 3.8) is 0 Å². The van der Waals surface area contributed by atoms with Crippen LogP contribution in [-0.4, -0.2) is 32.0 Å². The molecule has 2 aromatic rings. The average Bonchev–Trinajstić information content (AvgIpc) is 2.82. The Balaban J connectivity index is 2.42. The summed E-state index contributed by atoms with van der Waals surface area (Å²) < 4.78 is 1.31. The number of hydrogen-bond acceptors (Lipinski definition) is 5. The quantitative estimate of drug-likeness (QED) is 0.727. The number of nitrogens with zero attached hydrogens (tertiary/aromatic N) is 4. The van der Waals surface area contributed by atoms with Gasteiger partial charge in [-0.3, -0.25) is 9.59 Å². The molecule has 2 amide bonds. The van der Waals surface area contributed by atoms with Crippen LogP contribution in [0.25, 0.3) is 5.69 Å². The number of amides is 2. The minimum atomic E-state index is -1.10. The fraction of sp³-hybridized carbons (Fsp3) is 0. The molecule has 1 aromatic heterocycles. The van der Waals surface area contributed by atoms with Gasteiger partial charge in [-0.25, -0.2) is 0 Å². The Labute approximate surface area is 106 Å². The van der Waals surface area contributed by atoms with E-state index in [1.54, 1.807) is 12.1 Å². The van der Waals surface area contributed by atoms with Crippen molar-refractivity contribution in [2.24, 2.45) is 5.73 Å². The zero-order valence-electron chi connectivity index (χ0n) is 8.87. The van der Waals surface area contributed by atoms with E-state index in [1.165, 1.54) is 17.1 Å². The topological polar surface area (TPSA) is 116 Å². The number of nitrogens with one attached hydrogen (secondary N) is 1. The molecule has 0 radical (unpaired) electrons. The first-order valence-corrected chi connectivity index (χ1v) is 5.09. The molecule has 18 heavy (non-hydrogen) atoms. The summed E-state index contributed by atoms with van der Waals surface area (Å²) in [6.45, 7) is 0. The molecule has 0 bridgehead atoms. The molecule has 0 aliphatic carbocycles. The summed E-state index contributed by atoms with van der Waals surface area (Å²) in [6.07, 6.45) is 1.34. The molecule has 0 aliphatic rings. The lowest BCUT2D eigenvalue weighted by Gasteiger charge is -2.09. The standard InChI is InChI=1S/C9H7ClN6O2/c10-5-1-2-7(16-4-12-14-15-16)6(3-5)13-9(18)8(11)17/h1-4H,(H2,11,17)(H,13,18). The molecule has 0 saturated heterocycles. The van der Waals surface area contributed by atoms with E-state index in [0.29, 0.717) is 10.7 Å². The Hall–Kier alpha value is -2.48. The number of nitrogens with two attached hydrogens (primary N) is 1. The van der Waals surface area contributed by atoms with Crippen molar-refractivity contribution in [3.05, 3.63) is 29.5 Å². The van der Waals surface area contributed by atoms with E-state index >= 15 is 0 Å². The number of benzene rings is 1. The summed E-state index contributed by atoms with van der Waals surface area (Å²) in [6, 6.07) is 4.65. The van der Waals surface area contributed by atoms with Gasteiger partial charge in [-0.1, -0.05) is 11.6 Å². The second kappa shape index (κ2) is 4.80. The first-order valence-electron chi connectivity index (χ1n) is 4.71. The first kappa shape index (κ1) is 12.0. The maximum atomic E-state index is 11.3. The largest absolute Gasteiger partial charge is 0.361 e. The number of primary amides is 1. The number of carbonyl (C=O) groups is 2. The summed E-state index contributed by atoms with van der Waals surface area (Å²) in [5.74, 6) is -2.05. The summed E-state index contributed by atoms with van der Waals surface area (Å²) in [5.41, 5.74) is 5.59. The Morgan fingerprint density at radius 2 is 2.17 bits per heavy atom. The van der Waals surface area contributed by atoms with Crippen molar-refractivity contribution in [2.75, 3.05) is 5.32 Å². The highest BCUT2D eigenvalue weighted by atomic mass is 35.5. The van der Waals surface area contributed by atoms with E-state index in [1.807, 2.05) is 0 Å². The molecular weight excluding hydrogens is 260 g/mol. The minimum Gasteiger partial charge on any atom is -0.361 e. The van der Waals surface area contributed by atoms with E-state index in [2.05, 4.69) is 20.8 Å². The van der Waals surface area contributed by atoms with Crippen LogP contribution in [0.1, 0.15) is 0 Å². The van der Waals surface area contributed by atoms with Gasteiger partial charge in [-0.15, -0.1) is 5.10 Å².